The van der Waals surface area contributed by atoms with E-state index < -0.39 is 11.7 Å². The Bertz CT molecular complexity index is 157. The predicted molar refractivity (Wildman–Crippen MR) is 47.9 cm³/mol. The van der Waals surface area contributed by atoms with Crippen molar-refractivity contribution in [2.24, 2.45) is 5.92 Å². The largest absolute Gasteiger partial charge is 0.390 e. The number of hydrogen-bond acceptors (Lipinski definition) is 3. The van der Waals surface area contributed by atoms with Crippen molar-refractivity contribution in [2.75, 3.05) is 20.6 Å². The number of hydrogen-bond donors (Lipinski definition) is 2. The minimum Gasteiger partial charge on any atom is -0.390 e. The highest BCUT2D eigenvalue weighted by atomic mass is 16.3. The molecule has 3 atom stereocenters. The molecule has 0 heterocycles. The molecule has 0 spiro atoms. The number of aliphatic hydroxyl groups excluding tert-OH is 1. The average molecular weight is 173 g/mol. The first-order chi connectivity index (χ1) is 5.42. The van der Waals surface area contributed by atoms with Gasteiger partial charge in [0.2, 0.25) is 0 Å². The number of aliphatic hydroxyl groups is 2. The molecule has 1 aliphatic rings. The first-order valence-corrected chi connectivity index (χ1v) is 4.47. The van der Waals surface area contributed by atoms with Crippen LogP contribution in [0.5, 0.6) is 0 Å². The SMILES string of the molecule is CN(C)C[C@@H]1C[C@@H](O)[C@](C)(O)C1. The molecule has 0 aromatic carbocycles. The fraction of sp³-hybridized carbons (Fsp3) is 1.00. The maximum Gasteiger partial charge on any atom is 0.0880 e. The van der Waals surface area contributed by atoms with Crippen LogP contribution in [0.25, 0.3) is 0 Å². The van der Waals surface area contributed by atoms with Crippen molar-refractivity contribution in [2.45, 2.75) is 31.5 Å². The van der Waals surface area contributed by atoms with Crippen molar-refractivity contribution in [1.29, 1.82) is 0 Å². The standard InChI is InChI=1S/C9H19NO2/c1-9(12)5-7(4-8(9)11)6-10(2)3/h7-8,11-12H,4-6H2,1-3H3/t7-,8-,9-/m1/s1. The van der Waals surface area contributed by atoms with E-state index in [1.54, 1.807) is 6.92 Å². The summed E-state index contributed by atoms with van der Waals surface area (Å²) in [5.41, 5.74) is -0.860. The van der Waals surface area contributed by atoms with Crippen molar-refractivity contribution in [1.82, 2.24) is 4.90 Å². The molecule has 0 amide bonds. The third-order valence-corrected chi connectivity index (χ3v) is 2.60. The van der Waals surface area contributed by atoms with Crippen molar-refractivity contribution >= 4 is 0 Å². The van der Waals surface area contributed by atoms with E-state index in [0.29, 0.717) is 12.3 Å². The van der Waals surface area contributed by atoms with Gasteiger partial charge < -0.3 is 15.1 Å². The van der Waals surface area contributed by atoms with Gasteiger partial charge in [-0.05, 0) is 39.8 Å². The Morgan fingerprint density at radius 3 is 2.42 bits per heavy atom. The lowest BCUT2D eigenvalue weighted by atomic mass is 10.0. The van der Waals surface area contributed by atoms with Gasteiger partial charge in [-0.15, -0.1) is 0 Å². The van der Waals surface area contributed by atoms with Gasteiger partial charge >= 0.3 is 0 Å². The second-order valence-corrected chi connectivity index (χ2v) is 4.44. The van der Waals surface area contributed by atoms with Gasteiger partial charge in [0.1, 0.15) is 0 Å². The summed E-state index contributed by atoms with van der Waals surface area (Å²) in [6.07, 6.45) is 0.903. The highest BCUT2D eigenvalue weighted by molar-refractivity contribution is 4.93. The van der Waals surface area contributed by atoms with E-state index in [9.17, 15) is 10.2 Å². The molecule has 0 saturated heterocycles. The van der Waals surface area contributed by atoms with Gasteiger partial charge in [-0.25, -0.2) is 0 Å². The molecule has 2 N–H and O–H groups in total. The molecule has 72 valence electrons. The lowest BCUT2D eigenvalue weighted by Gasteiger charge is -2.20. The summed E-state index contributed by atoms with van der Waals surface area (Å²) in [7, 11) is 4.03. The second kappa shape index (κ2) is 3.32. The van der Waals surface area contributed by atoms with Crippen LogP contribution in [0.4, 0.5) is 0 Å². The maximum absolute atomic E-state index is 9.68. The fourth-order valence-corrected chi connectivity index (χ4v) is 2.03. The summed E-state index contributed by atoms with van der Waals surface area (Å²) >= 11 is 0. The number of nitrogens with zero attached hydrogens (tertiary/aromatic N) is 1. The third kappa shape index (κ3) is 2.19. The second-order valence-electron chi connectivity index (χ2n) is 4.44. The van der Waals surface area contributed by atoms with Crippen LogP contribution in [-0.4, -0.2) is 47.5 Å². The molecule has 1 saturated carbocycles. The van der Waals surface area contributed by atoms with Gasteiger partial charge in [0.15, 0.2) is 0 Å². The molecule has 12 heavy (non-hydrogen) atoms. The zero-order chi connectivity index (χ0) is 9.35. The molecule has 1 fully saturated rings. The van der Waals surface area contributed by atoms with Crippen molar-refractivity contribution in [3.05, 3.63) is 0 Å². The van der Waals surface area contributed by atoms with Gasteiger partial charge in [0.25, 0.3) is 0 Å². The van der Waals surface area contributed by atoms with E-state index in [1.165, 1.54) is 0 Å². The van der Waals surface area contributed by atoms with Crippen LogP contribution in [0, 0.1) is 5.92 Å². The van der Waals surface area contributed by atoms with Gasteiger partial charge in [-0.1, -0.05) is 0 Å². The van der Waals surface area contributed by atoms with Crippen LogP contribution in [0.3, 0.4) is 0 Å². The Morgan fingerprint density at radius 2 is 2.08 bits per heavy atom. The molecule has 0 radical (unpaired) electrons. The van der Waals surface area contributed by atoms with Crippen LogP contribution in [-0.2, 0) is 0 Å². The molecular formula is C9H19NO2. The normalized spacial score (nSPS) is 42.5. The van der Waals surface area contributed by atoms with Crippen LogP contribution in [0.15, 0.2) is 0 Å². The Hall–Kier alpha value is -0.120. The molecule has 0 aromatic heterocycles. The lowest BCUT2D eigenvalue weighted by molar-refractivity contribution is -0.0386. The van der Waals surface area contributed by atoms with Gasteiger partial charge in [-0.3, -0.25) is 0 Å². The lowest BCUT2D eigenvalue weighted by Crippen LogP contribution is -2.33. The molecule has 3 nitrogen and oxygen atoms in total. The van der Waals surface area contributed by atoms with Crippen LogP contribution in [0.1, 0.15) is 19.8 Å². The van der Waals surface area contributed by atoms with E-state index in [4.69, 9.17) is 0 Å². The van der Waals surface area contributed by atoms with Crippen molar-refractivity contribution < 1.29 is 10.2 Å². The summed E-state index contributed by atoms with van der Waals surface area (Å²) in [6, 6.07) is 0. The molecule has 0 aliphatic heterocycles. The summed E-state index contributed by atoms with van der Waals surface area (Å²) < 4.78 is 0. The van der Waals surface area contributed by atoms with E-state index in [2.05, 4.69) is 4.90 Å². The summed E-state index contributed by atoms with van der Waals surface area (Å²) in [4.78, 5) is 2.10. The minimum atomic E-state index is -0.860. The van der Waals surface area contributed by atoms with Crippen LogP contribution >= 0.6 is 0 Å². The Balaban J connectivity index is 2.44. The van der Waals surface area contributed by atoms with Gasteiger partial charge in [-0.2, -0.15) is 0 Å². The fourth-order valence-electron chi connectivity index (χ4n) is 2.03. The predicted octanol–water partition coefficient (Wildman–Crippen LogP) is 0.0699. The average Bonchev–Trinajstić information content (AvgIpc) is 2.04. The highest BCUT2D eigenvalue weighted by Gasteiger charge is 2.41. The van der Waals surface area contributed by atoms with E-state index >= 15 is 0 Å². The molecular weight excluding hydrogens is 154 g/mol. The summed E-state index contributed by atoms with van der Waals surface area (Å²) in [5, 5.41) is 19.1. The highest BCUT2D eigenvalue weighted by Crippen LogP contribution is 2.34. The zero-order valence-corrected chi connectivity index (χ0v) is 8.12. The molecule has 0 aromatic rings. The molecule has 0 bridgehead atoms. The third-order valence-electron chi connectivity index (χ3n) is 2.60. The molecule has 1 aliphatic carbocycles. The summed E-state index contributed by atoms with van der Waals surface area (Å²) in [6.45, 7) is 2.67. The smallest absolute Gasteiger partial charge is 0.0880 e. The van der Waals surface area contributed by atoms with Gasteiger partial charge in [0.05, 0.1) is 11.7 Å². The molecule has 3 heteroatoms. The van der Waals surface area contributed by atoms with Crippen LogP contribution in [0.2, 0.25) is 0 Å². The zero-order valence-electron chi connectivity index (χ0n) is 8.12. The Morgan fingerprint density at radius 1 is 1.50 bits per heavy atom. The molecule has 1 rings (SSSR count). The monoisotopic (exact) mass is 173 g/mol. The van der Waals surface area contributed by atoms with Gasteiger partial charge in [0, 0.05) is 6.54 Å². The van der Waals surface area contributed by atoms with Crippen LogP contribution < -0.4 is 0 Å². The first kappa shape index (κ1) is 9.96. The minimum absolute atomic E-state index is 0.435. The summed E-state index contributed by atoms with van der Waals surface area (Å²) in [5.74, 6) is 0.435. The van der Waals surface area contributed by atoms with Crippen molar-refractivity contribution in [3.8, 4) is 0 Å². The van der Waals surface area contributed by atoms with E-state index in [-0.39, 0.29) is 0 Å². The number of rotatable bonds is 2. The van der Waals surface area contributed by atoms with E-state index in [1.807, 2.05) is 14.1 Å². The van der Waals surface area contributed by atoms with E-state index in [0.717, 1.165) is 13.0 Å². The quantitative estimate of drug-likeness (QED) is 0.621. The van der Waals surface area contributed by atoms with Crippen molar-refractivity contribution in [3.63, 3.8) is 0 Å². The Labute approximate surface area is 74.0 Å². The maximum atomic E-state index is 9.68. The topological polar surface area (TPSA) is 43.7 Å². The Kier molecular flexibility index (Phi) is 2.76. The molecule has 0 unspecified atom stereocenters. The first-order valence-electron chi connectivity index (χ1n) is 4.47.